The lowest BCUT2D eigenvalue weighted by atomic mass is 9.92. The first-order chi connectivity index (χ1) is 6.66. The molecular weight excluding hydrogens is 296 g/mol. The summed E-state index contributed by atoms with van der Waals surface area (Å²) >= 11 is 2.14. The van der Waals surface area contributed by atoms with Crippen LogP contribution in [0.1, 0.15) is 19.3 Å². The Labute approximate surface area is 95.8 Å². The van der Waals surface area contributed by atoms with Gasteiger partial charge < -0.3 is 5.32 Å². The molecule has 14 heavy (non-hydrogen) atoms. The topological polar surface area (TPSA) is 29.1 Å². The molecule has 76 valence electrons. The molecule has 1 saturated heterocycles. The molecular formula is C10H11FINO. The van der Waals surface area contributed by atoms with Gasteiger partial charge in [0.2, 0.25) is 5.91 Å². The number of carbonyl (C=O) groups is 1. The Balaban J connectivity index is 2.20. The molecule has 1 heterocycles. The van der Waals surface area contributed by atoms with Crippen molar-refractivity contribution in [1.29, 1.82) is 0 Å². The zero-order valence-electron chi connectivity index (χ0n) is 7.59. The van der Waals surface area contributed by atoms with Crippen molar-refractivity contribution in [1.82, 2.24) is 5.32 Å². The number of alkyl halides is 1. The zero-order chi connectivity index (χ0) is 10.1. The van der Waals surface area contributed by atoms with Gasteiger partial charge in [0.15, 0.2) is 0 Å². The maximum absolute atomic E-state index is 13.0. The van der Waals surface area contributed by atoms with Gasteiger partial charge in [-0.3, -0.25) is 4.79 Å². The first-order valence-corrected chi connectivity index (χ1v) is 5.92. The largest absolute Gasteiger partial charge is 0.329 e. The molecule has 2 atom stereocenters. The molecule has 1 aliphatic heterocycles. The van der Waals surface area contributed by atoms with Gasteiger partial charge >= 0.3 is 0 Å². The van der Waals surface area contributed by atoms with Gasteiger partial charge in [-0.2, -0.15) is 0 Å². The Kier molecular flexibility index (Phi) is 2.90. The molecule has 2 unspecified atom stereocenters. The molecule has 1 aliphatic carbocycles. The number of halogens is 2. The molecule has 0 aromatic rings. The highest BCUT2D eigenvalue weighted by molar-refractivity contribution is 14.1. The van der Waals surface area contributed by atoms with Crippen molar-refractivity contribution in [3.63, 3.8) is 0 Å². The Bertz CT molecular complexity index is 324. The van der Waals surface area contributed by atoms with Crippen LogP contribution >= 0.6 is 22.6 Å². The second-order valence-electron chi connectivity index (χ2n) is 3.67. The van der Waals surface area contributed by atoms with Gasteiger partial charge in [0.1, 0.15) is 5.83 Å². The van der Waals surface area contributed by atoms with Crippen molar-refractivity contribution in [2.75, 3.05) is 0 Å². The van der Waals surface area contributed by atoms with Gasteiger partial charge in [0.05, 0.1) is 3.92 Å². The van der Waals surface area contributed by atoms with E-state index in [9.17, 15) is 9.18 Å². The van der Waals surface area contributed by atoms with Crippen LogP contribution in [0.15, 0.2) is 23.7 Å². The van der Waals surface area contributed by atoms with E-state index in [2.05, 4.69) is 27.9 Å². The predicted molar refractivity (Wildman–Crippen MR) is 60.6 cm³/mol. The molecule has 1 N–H and O–H groups in total. The number of carbonyl (C=O) groups excluding carboxylic acids is 1. The minimum atomic E-state index is -0.0834. The van der Waals surface area contributed by atoms with Crippen LogP contribution < -0.4 is 5.32 Å². The number of fused-ring (bicyclic) bond motifs is 1. The highest BCUT2D eigenvalue weighted by atomic mass is 127. The van der Waals surface area contributed by atoms with Gasteiger partial charge in [-0.1, -0.05) is 22.6 Å². The summed E-state index contributed by atoms with van der Waals surface area (Å²) in [6.45, 7) is 0. The van der Waals surface area contributed by atoms with E-state index < -0.39 is 0 Å². The van der Waals surface area contributed by atoms with Gasteiger partial charge in [0, 0.05) is 18.0 Å². The summed E-state index contributed by atoms with van der Waals surface area (Å²) in [6.07, 6.45) is 5.30. The molecule has 2 rings (SSSR count). The Hall–Kier alpha value is -0.390. The van der Waals surface area contributed by atoms with Crippen LogP contribution in [0, 0.1) is 5.92 Å². The number of amides is 1. The van der Waals surface area contributed by atoms with Crippen molar-refractivity contribution in [2.45, 2.75) is 23.2 Å². The average Bonchev–Trinajstić information content (AvgIpc) is 2.29. The maximum Gasteiger partial charge on any atom is 0.237 e. The van der Waals surface area contributed by atoms with Crippen LogP contribution in [0.3, 0.4) is 0 Å². The van der Waals surface area contributed by atoms with Crippen molar-refractivity contribution in [3.8, 4) is 0 Å². The summed E-state index contributed by atoms with van der Waals surface area (Å²) in [5.74, 6) is 0.138. The quantitative estimate of drug-likeness (QED) is 0.540. The monoisotopic (exact) mass is 307 g/mol. The summed E-state index contributed by atoms with van der Waals surface area (Å²) in [6, 6.07) is 0. The number of nitrogens with one attached hydrogen (secondary N) is 1. The third-order valence-corrected chi connectivity index (χ3v) is 3.83. The Morgan fingerprint density at radius 2 is 2.21 bits per heavy atom. The van der Waals surface area contributed by atoms with E-state index in [1.165, 1.54) is 6.08 Å². The normalized spacial score (nSPS) is 32.3. The average molecular weight is 307 g/mol. The maximum atomic E-state index is 13.0. The van der Waals surface area contributed by atoms with Crippen LogP contribution in [-0.2, 0) is 4.79 Å². The number of allylic oxidation sites excluding steroid dienone is 4. The SMILES string of the molecule is O=C1NC2=CC=C(F)CC2CCC1I. The number of rotatable bonds is 0. The molecule has 0 aromatic heterocycles. The summed E-state index contributed by atoms with van der Waals surface area (Å²) in [5, 5.41) is 2.85. The van der Waals surface area contributed by atoms with Crippen LogP contribution in [0.4, 0.5) is 4.39 Å². The molecule has 1 fully saturated rings. The fourth-order valence-corrected chi connectivity index (χ4v) is 2.35. The van der Waals surface area contributed by atoms with E-state index in [-0.39, 0.29) is 21.6 Å². The molecule has 2 aliphatic rings. The molecule has 0 radical (unpaired) electrons. The highest BCUT2D eigenvalue weighted by Crippen LogP contribution is 2.32. The molecule has 0 spiro atoms. The number of hydrogen-bond donors (Lipinski definition) is 1. The zero-order valence-corrected chi connectivity index (χ0v) is 9.75. The first kappa shape index (κ1) is 10.1. The summed E-state index contributed by atoms with van der Waals surface area (Å²) in [5.41, 5.74) is 0.885. The van der Waals surface area contributed by atoms with Crippen molar-refractivity contribution >= 4 is 28.5 Å². The minimum Gasteiger partial charge on any atom is -0.329 e. The van der Waals surface area contributed by atoms with Crippen LogP contribution in [0.25, 0.3) is 0 Å². The lowest BCUT2D eigenvalue weighted by molar-refractivity contribution is -0.119. The summed E-state index contributed by atoms with van der Waals surface area (Å²) in [7, 11) is 0. The fraction of sp³-hybridized carbons (Fsp3) is 0.500. The molecule has 0 aromatic carbocycles. The standard InChI is InChI=1S/C10H11FINO/c11-7-2-4-9-6(5-7)1-3-8(12)10(14)13-9/h2,4,6,8H,1,3,5H2,(H,13,14). The van der Waals surface area contributed by atoms with E-state index in [0.717, 1.165) is 18.5 Å². The first-order valence-electron chi connectivity index (χ1n) is 4.68. The smallest absolute Gasteiger partial charge is 0.237 e. The van der Waals surface area contributed by atoms with Gasteiger partial charge in [-0.15, -0.1) is 0 Å². The van der Waals surface area contributed by atoms with Crippen LogP contribution in [-0.4, -0.2) is 9.83 Å². The van der Waals surface area contributed by atoms with Gasteiger partial charge in [-0.05, 0) is 25.0 Å². The fourth-order valence-electron chi connectivity index (χ4n) is 1.83. The molecule has 0 bridgehead atoms. The predicted octanol–water partition coefficient (Wildman–Crippen LogP) is 2.46. The second-order valence-corrected chi connectivity index (χ2v) is 5.17. The Morgan fingerprint density at radius 1 is 1.43 bits per heavy atom. The van der Waals surface area contributed by atoms with Gasteiger partial charge in [0.25, 0.3) is 0 Å². The minimum absolute atomic E-state index is 0.0159. The molecule has 4 heteroatoms. The third-order valence-electron chi connectivity index (χ3n) is 2.65. The van der Waals surface area contributed by atoms with E-state index in [4.69, 9.17) is 0 Å². The summed E-state index contributed by atoms with van der Waals surface area (Å²) in [4.78, 5) is 11.5. The van der Waals surface area contributed by atoms with Crippen LogP contribution in [0.5, 0.6) is 0 Å². The summed E-state index contributed by atoms with van der Waals surface area (Å²) < 4.78 is 13.0. The van der Waals surface area contributed by atoms with Crippen molar-refractivity contribution in [3.05, 3.63) is 23.7 Å². The van der Waals surface area contributed by atoms with E-state index >= 15 is 0 Å². The van der Waals surface area contributed by atoms with Crippen LogP contribution in [0.2, 0.25) is 0 Å². The molecule has 1 amide bonds. The Morgan fingerprint density at radius 3 is 3.00 bits per heavy atom. The van der Waals surface area contributed by atoms with Crippen molar-refractivity contribution < 1.29 is 9.18 Å². The lowest BCUT2D eigenvalue weighted by Gasteiger charge is -2.19. The van der Waals surface area contributed by atoms with E-state index in [1.54, 1.807) is 6.08 Å². The third kappa shape index (κ3) is 1.99. The van der Waals surface area contributed by atoms with E-state index in [1.807, 2.05) is 0 Å². The molecule has 0 saturated carbocycles. The van der Waals surface area contributed by atoms with E-state index in [0.29, 0.717) is 6.42 Å². The molecule has 2 nitrogen and oxygen atoms in total. The van der Waals surface area contributed by atoms with Gasteiger partial charge in [-0.25, -0.2) is 4.39 Å². The lowest BCUT2D eigenvalue weighted by Crippen LogP contribution is -2.29. The second kappa shape index (κ2) is 4.00. The van der Waals surface area contributed by atoms with Crippen molar-refractivity contribution in [2.24, 2.45) is 5.92 Å². The number of hydrogen-bond acceptors (Lipinski definition) is 1. The highest BCUT2D eigenvalue weighted by Gasteiger charge is 2.28.